The number of non-ortho nitro benzene ring substituents is 1. The Morgan fingerprint density at radius 2 is 1.94 bits per heavy atom. The van der Waals surface area contributed by atoms with E-state index in [0.717, 1.165) is 22.9 Å². The van der Waals surface area contributed by atoms with Crippen LogP contribution in [0.3, 0.4) is 0 Å². The molecular formula is C17H17N3O9S2. The van der Waals surface area contributed by atoms with Crippen molar-refractivity contribution in [1.29, 1.82) is 0 Å². The van der Waals surface area contributed by atoms with Gasteiger partial charge >= 0.3 is 16.1 Å². The Kier molecular flexibility index (Phi) is 5.96. The molecule has 1 fully saturated rings. The Morgan fingerprint density at radius 1 is 1.32 bits per heavy atom. The van der Waals surface area contributed by atoms with Crippen molar-refractivity contribution in [3.63, 3.8) is 0 Å². The second-order valence-electron chi connectivity index (χ2n) is 6.83. The van der Waals surface area contributed by atoms with E-state index in [1.807, 2.05) is 0 Å². The molecule has 166 valence electrons. The van der Waals surface area contributed by atoms with Crippen LogP contribution in [0.4, 0.5) is 5.69 Å². The predicted octanol–water partition coefficient (Wildman–Crippen LogP) is 0.198. The highest BCUT2D eigenvalue weighted by Crippen LogP contribution is 2.46. The number of nitro benzene ring substituents is 1. The number of carboxylic acid groups (broad SMARTS) is 1. The van der Waals surface area contributed by atoms with Gasteiger partial charge in [-0.05, 0) is 12.0 Å². The average molecular weight is 471 g/mol. The molecule has 2 amide bonds. The molecule has 14 heteroatoms. The number of hydrogen-bond acceptors (Lipinski definition) is 9. The van der Waals surface area contributed by atoms with E-state index in [2.05, 4.69) is 5.32 Å². The summed E-state index contributed by atoms with van der Waals surface area (Å²) in [6.45, 7) is 1.21. The van der Waals surface area contributed by atoms with Crippen molar-refractivity contribution in [3.05, 3.63) is 51.4 Å². The number of carbonyl (C=O) groups excluding carboxylic acids is 2. The van der Waals surface area contributed by atoms with Gasteiger partial charge in [0.1, 0.15) is 11.4 Å². The smallest absolute Gasteiger partial charge is 0.356 e. The Labute approximate surface area is 180 Å². The molecule has 2 aliphatic heterocycles. The summed E-state index contributed by atoms with van der Waals surface area (Å²) >= 11 is 1.06. The zero-order chi connectivity index (χ0) is 23.1. The quantitative estimate of drug-likeness (QED) is 0.242. The van der Waals surface area contributed by atoms with Gasteiger partial charge in [-0.15, -0.1) is 11.8 Å². The first-order chi connectivity index (χ1) is 14.4. The van der Waals surface area contributed by atoms with Crippen LogP contribution in [0.15, 0.2) is 35.7 Å². The third-order valence-electron chi connectivity index (χ3n) is 4.48. The monoisotopic (exact) mass is 471 g/mol. The molecule has 2 heterocycles. The van der Waals surface area contributed by atoms with Crippen molar-refractivity contribution in [2.45, 2.75) is 30.0 Å². The molecular weight excluding hydrogens is 454 g/mol. The molecule has 31 heavy (non-hydrogen) atoms. The summed E-state index contributed by atoms with van der Waals surface area (Å²) in [6.07, 6.45) is 0.812. The van der Waals surface area contributed by atoms with Crippen molar-refractivity contribution >= 4 is 45.4 Å². The second kappa shape index (κ2) is 8.19. The summed E-state index contributed by atoms with van der Waals surface area (Å²) < 4.78 is 28.6. The molecule has 1 saturated heterocycles. The molecule has 12 nitrogen and oxygen atoms in total. The number of benzene rings is 1. The maximum atomic E-state index is 12.5. The lowest BCUT2D eigenvalue weighted by Crippen LogP contribution is -2.71. The first-order valence-corrected chi connectivity index (χ1v) is 11.5. The van der Waals surface area contributed by atoms with Crippen LogP contribution >= 0.6 is 11.8 Å². The van der Waals surface area contributed by atoms with Gasteiger partial charge in [0.2, 0.25) is 5.91 Å². The van der Waals surface area contributed by atoms with E-state index >= 15 is 0 Å². The first kappa shape index (κ1) is 22.6. The predicted molar refractivity (Wildman–Crippen MR) is 107 cm³/mol. The van der Waals surface area contributed by atoms with E-state index in [1.54, 1.807) is 0 Å². The van der Waals surface area contributed by atoms with Gasteiger partial charge in [-0.2, -0.15) is 8.42 Å². The van der Waals surface area contributed by atoms with Crippen LogP contribution in [0.1, 0.15) is 12.5 Å². The van der Waals surface area contributed by atoms with E-state index in [0.29, 0.717) is 5.56 Å². The Bertz CT molecular complexity index is 1100. The van der Waals surface area contributed by atoms with E-state index in [-0.39, 0.29) is 12.1 Å². The Balaban J connectivity index is 2.02. The number of amides is 2. The van der Waals surface area contributed by atoms with Crippen LogP contribution in [0.25, 0.3) is 0 Å². The van der Waals surface area contributed by atoms with Gasteiger partial charge in [0.25, 0.3) is 11.6 Å². The largest absolute Gasteiger partial charge is 0.476 e. The zero-order valence-corrected chi connectivity index (χ0v) is 17.8. The topological polar surface area (TPSA) is 173 Å². The molecule has 0 aliphatic carbocycles. The normalized spacial score (nSPS) is 23.0. The highest BCUT2D eigenvalue weighted by Gasteiger charge is 2.57. The third-order valence-corrected chi connectivity index (χ3v) is 6.44. The number of nitrogens with one attached hydrogen (secondary N) is 1. The summed E-state index contributed by atoms with van der Waals surface area (Å²) in [6, 6.07) is 4.47. The average Bonchev–Trinajstić information content (AvgIpc) is 2.66. The molecule has 2 N–H and O–H groups in total. The number of carboxylic acids is 1. The van der Waals surface area contributed by atoms with Crippen LogP contribution in [0, 0.1) is 10.1 Å². The van der Waals surface area contributed by atoms with Crippen LogP contribution in [0.2, 0.25) is 0 Å². The number of nitrogens with zero attached hydrogens (tertiary/aromatic N) is 2. The molecule has 0 saturated carbocycles. The second-order valence-corrected chi connectivity index (χ2v) is 9.73. The molecule has 0 bridgehead atoms. The fourth-order valence-corrected chi connectivity index (χ4v) is 5.43. The number of hydrogen-bond donors (Lipinski definition) is 2. The molecule has 1 aromatic carbocycles. The number of aliphatic carboxylic acids is 1. The highest BCUT2D eigenvalue weighted by atomic mass is 32.2. The maximum Gasteiger partial charge on any atom is 0.356 e. The molecule has 2 unspecified atom stereocenters. The molecule has 0 aromatic heterocycles. The van der Waals surface area contributed by atoms with Crippen LogP contribution < -0.4 is 5.32 Å². The van der Waals surface area contributed by atoms with Gasteiger partial charge in [-0.1, -0.05) is 12.1 Å². The Morgan fingerprint density at radius 3 is 2.42 bits per heavy atom. The summed E-state index contributed by atoms with van der Waals surface area (Å²) in [5.41, 5.74) is -0.207. The van der Waals surface area contributed by atoms with Gasteiger partial charge in [0.15, 0.2) is 11.5 Å². The third kappa shape index (κ3) is 4.64. The number of β-lactam (4-membered cyclic amide) rings is 1. The molecule has 3 rings (SSSR count). The number of thioether (sulfide) groups is 1. The van der Waals surface area contributed by atoms with Gasteiger partial charge < -0.3 is 14.6 Å². The fourth-order valence-electron chi connectivity index (χ4n) is 3.27. The van der Waals surface area contributed by atoms with Crippen molar-refractivity contribution in [2.75, 3.05) is 6.26 Å². The fraction of sp³-hybridized carbons (Fsp3) is 0.353. The highest BCUT2D eigenvalue weighted by molar-refractivity contribution is 8.01. The van der Waals surface area contributed by atoms with Crippen LogP contribution in [-0.4, -0.2) is 64.1 Å². The van der Waals surface area contributed by atoms with E-state index in [9.17, 15) is 38.0 Å². The summed E-state index contributed by atoms with van der Waals surface area (Å²) in [7, 11) is -4.13. The van der Waals surface area contributed by atoms with Gasteiger partial charge in [0.05, 0.1) is 16.4 Å². The van der Waals surface area contributed by atoms with E-state index in [4.69, 9.17) is 4.18 Å². The van der Waals surface area contributed by atoms with Crippen molar-refractivity contribution in [1.82, 2.24) is 10.2 Å². The number of nitro groups is 1. The lowest BCUT2D eigenvalue weighted by Gasteiger charge is -2.50. The summed E-state index contributed by atoms with van der Waals surface area (Å²) in [5.74, 6) is -3.17. The van der Waals surface area contributed by atoms with Crippen molar-refractivity contribution < 1.29 is 37.0 Å². The standard InChI is InChI=1S/C17H17N3O9S2/c1-8(21)18-12-15(22)19-13(17(23)24)14(29-31(2,27)28)11(30-16(12)19)7-9-3-5-10(6-4-9)20(25)26/h3-6,11-12,16H,7H2,1-2H3,(H,18,21)(H,23,24)/t11?,12?,16-/m1/s1. The van der Waals surface area contributed by atoms with Crippen molar-refractivity contribution in [3.8, 4) is 0 Å². The molecule has 1 aromatic rings. The van der Waals surface area contributed by atoms with Crippen LogP contribution in [0.5, 0.6) is 0 Å². The Hall–Kier alpha value is -3.13. The van der Waals surface area contributed by atoms with Gasteiger partial charge in [0, 0.05) is 19.1 Å². The number of rotatable bonds is 7. The molecule has 2 aliphatic rings. The lowest BCUT2D eigenvalue weighted by molar-refractivity contribution is -0.384. The minimum atomic E-state index is -4.13. The summed E-state index contributed by atoms with van der Waals surface area (Å²) in [5, 5.41) is 21.4. The van der Waals surface area contributed by atoms with Crippen molar-refractivity contribution in [2.24, 2.45) is 0 Å². The minimum Gasteiger partial charge on any atom is -0.476 e. The van der Waals surface area contributed by atoms with Gasteiger partial charge in [-0.3, -0.25) is 24.6 Å². The molecule has 3 atom stereocenters. The number of carbonyl (C=O) groups is 3. The first-order valence-electron chi connectivity index (χ1n) is 8.75. The summed E-state index contributed by atoms with van der Waals surface area (Å²) in [4.78, 5) is 47.0. The molecule has 0 radical (unpaired) electrons. The number of fused-ring (bicyclic) bond motifs is 1. The maximum absolute atomic E-state index is 12.5. The lowest BCUT2D eigenvalue weighted by atomic mass is 10.0. The van der Waals surface area contributed by atoms with E-state index in [1.165, 1.54) is 31.2 Å². The SMILES string of the molecule is CC(=O)NC1C(=O)N2C(C(=O)O)=C(OS(C)(=O)=O)C(Cc3ccc([N+](=O)[O-])cc3)S[C@H]12. The zero-order valence-electron chi connectivity index (χ0n) is 16.2. The van der Waals surface area contributed by atoms with E-state index < -0.39 is 60.9 Å². The minimum absolute atomic E-state index is 0.0651. The van der Waals surface area contributed by atoms with Crippen LogP contribution in [-0.2, 0) is 35.1 Å². The molecule has 0 spiro atoms. The van der Waals surface area contributed by atoms with Gasteiger partial charge in [-0.25, -0.2) is 4.79 Å².